The number of methoxy groups -OCH3 is 1. The molecule has 0 bridgehead atoms. The van der Waals surface area contributed by atoms with Gasteiger partial charge in [-0.2, -0.15) is 0 Å². The van der Waals surface area contributed by atoms with Gasteiger partial charge in [0.1, 0.15) is 5.76 Å². The molecular weight excluding hydrogens is 180 g/mol. The predicted octanol–water partition coefficient (Wildman–Crippen LogP) is 2.25. The van der Waals surface area contributed by atoms with Crippen LogP contribution in [-0.4, -0.2) is 13.1 Å². The minimum absolute atomic E-state index is 0.364. The zero-order chi connectivity index (χ0) is 10.1. The third-order valence-corrected chi connectivity index (χ3v) is 2.81. The van der Waals surface area contributed by atoms with E-state index in [1.54, 1.807) is 0 Å². The van der Waals surface area contributed by atoms with E-state index in [-0.39, 0.29) is 5.97 Å². The molecular formula is C11H14O3. The lowest BCUT2D eigenvalue weighted by molar-refractivity contribution is 0.0562. The fraction of sp³-hybridized carbons (Fsp3) is 0.545. The van der Waals surface area contributed by atoms with Gasteiger partial charge in [-0.15, -0.1) is 0 Å². The first-order valence-corrected chi connectivity index (χ1v) is 4.93. The van der Waals surface area contributed by atoms with Crippen molar-refractivity contribution in [3.8, 4) is 0 Å². The number of carbonyl (C=O) groups excluding carboxylic acids is 1. The third kappa shape index (κ3) is 1.33. The van der Waals surface area contributed by atoms with Crippen molar-refractivity contribution in [2.75, 3.05) is 7.11 Å². The van der Waals surface area contributed by atoms with E-state index in [4.69, 9.17) is 4.42 Å². The summed E-state index contributed by atoms with van der Waals surface area (Å²) in [4.78, 5) is 11.3. The van der Waals surface area contributed by atoms with Crippen LogP contribution in [0.15, 0.2) is 4.42 Å². The molecule has 1 aromatic rings. The van der Waals surface area contributed by atoms with Crippen LogP contribution in [0.5, 0.6) is 0 Å². The number of rotatable bonds is 1. The second-order valence-corrected chi connectivity index (χ2v) is 3.66. The summed E-state index contributed by atoms with van der Waals surface area (Å²) in [6.45, 7) is 1.93. The van der Waals surface area contributed by atoms with E-state index in [9.17, 15) is 4.79 Å². The van der Waals surface area contributed by atoms with Crippen molar-refractivity contribution in [2.45, 2.75) is 32.6 Å². The first-order chi connectivity index (χ1) is 6.74. The Morgan fingerprint density at radius 3 is 2.71 bits per heavy atom. The molecule has 0 aliphatic heterocycles. The highest BCUT2D eigenvalue weighted by Crippen LogP contribution is 2.29. The molecule has 14 heavy (non-hydrogen) atoms. The molecule has 1 heterocycles. The molecule has 3 heteroatoms. The van der Waals surface area contributed by atoms with E-state index in [0.29, 0.717) is 5.76 Å². The molecule has 76 valence electrons. The van der Waals surface area contributed by atoms with Crippen LogP contribution >= 0.6 is 0 Å². The van der Waals surface area contributed by atoms with Crippen molar-refractivity contribution in [1.82, 2.24) is 0 Å². The molecule has 0 fully saturated rings. The van der Waals surface area contributed by atoms with Crippen molar-refractivity contribution < 1.29 is 13.9 Å². The van der Waals surface area contributed by atoms with Crippen LogP contribution < -0.4 is 0 Å². The van der Waals surface area contributed by atoms with E-state index in [0.717, 1.165) is 30.6 Å². The number of carbonyl (C=O) groups is 1. The zero-order valence-electron chi connectivity index (χ0n) is 8.55. The maximum Gasteiger partial charge on any atom is 0.374 e. The van der Waals surface area contributed by atoms with E-state index < -0.39 is 0 Å². The fourth-order valence-corrected chi connectivity index (χ4v) is 2.01. The van der Waals surface area contributed by atoms with Gasteiger partial charge in [0.05, 0.1) is 7.11 Å². The third-order valence-electron chi connectivity index (χ3n) is 2.81. The normalized spacial score (nSPS) is 15.0. The van der Waals surface area contributed by atoms with Gasteiger partial charge in [-0.1, -0.05) is 0 Å². The minimum Gasteiger partial charge on any atom is -0.463 e. The van der Waals surface area contributed by atoms with Crippen LogP contribution in [0.25, 0.3) is 0 Å². The summed E-state index contributed by atoms with van der Waals surface area (Å²) in [6.07, 6.45) is 4.32. The van der Waals surface area contributed by atoms with Crippen LogP contribution in [0, 0.1) is 6.92 Å². The molecule has 0 aromatic carbocycles. The highest BCUT2D eigenvalue weighted by Gasteiger charge is 2.23. The Bertz CT molecular complexity index is 363. The average molecular weight is 194 g/mol. The molecule has 0 amide bonds. The number of fused-ring (bicyclic) bond motifs is 1. The van der Waals surface area contributed by atoms with Gasteiger partial charge in [0.15, 0.2) is 0 Å². The molecule has 1 aliphatic rings. The summed E-state index contributed by atoms with van der Waals surface area (Å²) in [5, 5.41) is 0. The Labute approximate surface area is 83.0 Å². The highest BCUT2D eigenvalue weighted by molar-refractivity contribution is 5.88. The Hall–Kier alpha value is -1.25. The molecule has 0 spiro atoms. The number of esters is 1. The van der Waals surface area contributed by atoms with Gasteiger partial charge in [0, 0.05) is 12.0 Å². The van der Waals surface area contributed by atoms with Crippen molar-refractivity contribution in [2.24, 2.45) is 0 Å². The quantitative estimate of drug-likeness (QED) is 0.644. The van der Waals surface area contributed by atoms with Crippen LogP contribution in [-0.2, 0) is 17.6 Å². The van der Waals surface area contributed by atoms with Crippen molar-refractivity contribution in [3.05, 3.63) is 22.6 Å². The number of hydrogen-bond acceptors (Lipinski definition) is 3. The Morgan fingerprint density at radius 1 is 1.36 bits per heavy atom. The molecule has 0 N–H and O–H groups in total. The number of aryl methyl sites for hydroxylation is 1. The first-order valence-electron chi connectivity index (χ1n) is 4.93. The van der Waals surface area contributed by atoms with Gasteiger partial charge in [0.2, 0.25) is 5.76 Å². The van der Waals surface area contributed by atoms with E-state index in [1.165, 1.54) is 19.1 Å². The van der Waals surface area contributed by atoms with Crippen molar-refractivity contribution >= 4 is 5.97 Å². The lowest BCUT2D eigenvalue weighted by Crippen LogP contribution is -2.02. The summed E-state index contributed by atoms with van der Waals surface area (Å²) in [5.74, 6) is 1.01. The topological polar surface area (TPSA) is 39.4 Å². The van der Waals surface area contributed by atoms with Crippen molar-refractivity contribution in [3.63, 3.8) is 0 Å². The number of hydrogen-bond donors (Lipinski definition) is 0. The second-order valence-electron chi connectivity index (χ2n) is 3.66. The van der Waals surface area contributed by atoms with E-state index >= 15 is 0 Å². The molecule has 0 radical (unpaired) electrons. The maximum absolute atomic E-state index is 11.3. The smallest absolute Gasteiger partial charge is 0.374 e. The molecule has 0 saturated heterocycles. The van der Waals surface area contributed by atoms with Gasteiger partial charge in [-0.3, -0.25) is 0 Å². The van der Waals surface area contributed by atoms with Crippen LogP contribution in [0.1, 0.15) is 40.3 Å². The standard InChI is InChI=1S/C11H14O3/c1-7-8-5-3-4-6-9(8)14-10(7)11(12)13-2/h3-6H2,1-2H3. The van der Waals surface area contributed by atoms with Gasteiger partial charge in [0.25, 0.3) is 0 Å². The monoisotopic (exact) mass is 194 g/mol. The Balaban J connectivity index is 2.43. The SMILES string of the molecule is COC(=O)c1oc2c(c1C)CCCC2. The summed E-state index contributed by atoms with van der Waals surface area (Å²) in [5.41, 5.74) is 2.18. The molecule has 1 aromatic heterocycles. The van der Waals surface area contributed by atoms with Crippen molar-refractivity contribution in [1.29, 1.82) is 0 Å². The molecule has 0 unspecified atom stereocenters. The van der Waals surface area contributed by atoms with Crippen LogP contribution in [0.4, 0.5) is 0 Å². The molecule has 0 atom stereocenters. The molecule has 2 rings (SSSR count). The second kappa shape index (κ2) is 3.48. The summed E-state index contributed by atoms with van der Waals surface area (Å²) < 4.78 is 10.2. The average Bonchev–Trinajstić information content (AvgIpc) is 2.56. The number of ether oxygens (including phenoxy) is 1. The number of furan rings is 1. The molecule has 1 aliphatic carbocycles. The first kappa shape index (κ1) is 9.31. The highest BCUT2D eigenvalue weighted by atomic mass is 16.5. The fourth-order valence-electron chi connectivity index (χ4n) is 2.01. The Morgan fingerprint density at radius 2 is 2.07 bits per heavy atom. The van der Waals surface area contributed by atoms with Gasteiger partial charge < -0.3 is 9.15 Å². The lowest BCUT2D eigenvalue weighted by Gasteiger charge is -2.08. The van der Waals surface area contributed by atoms with Gasteiger partial charge >= 0.3 is 5.97 Å². The molecule has 0 saturated carbocycles. The minimum atomic E-state index is -0.364. The largest absolute Gasteiger partial charge is 0.463 e. The molecule has 3 nitrogen and oxygen atoms in total. The van der Waals surface area contributed by atoms with Crippen LogP contribution in [0.3, 0.4) is 0 Å². The van der Waals surface area contributed by atoms with E-state index in [2.05, 4.69) is 4.74 Å². The van der Waals surface area contributed by atoms with Gasteiger partial charge in [-0.05, 0) is 31.7 Å². The lowest BCUT2D eigenvalue weighted by atomic mass is 9.95. The summed E-state index contributed by atoms with van der Waals surface area (Å²) >= 11 is 0. The Kier molecular flexibility index (Phi) is 2.32. The van der Waals surface area contributed by atoms with Crippen LogP contribution in [0.2, 0.25) is 0 Å². The summed E-state index contributed by atoms with van der Waals surface area (Å²) in [7, 11) is 1.38. The zero-order valence-corrected chi connectivity index (χ0v) is 8.55. The predicted molar refractivity (Wildman–Crippen MR) is 51.4 cm³/mol. The van der Waals surface area contributed by atoms with Gasteiger partial charge in [-0.25, -0.2) is 4.79 Å². The maximum atomic E-state index is 11.3. The van der Waals surface area contributed by atoms with E-state index in [1.807, 2.05) is 6.92 Å². The summed E-state index contributed by atoms with van der Waals surface area (Å²) in [6, 6.07) is 0.